The van der Waals surface area contributed by atoms with Gasteiger partial charge in [0.1, 0.15) is 0 Å². The molecule has 1 N–H and O–H groups in total. The normalized spacial score (nSPS) is 22.5. The van der Waals surface area contributed by atoms with Crippen molar-refractivity contribution in [3.63, 3.8) is 0 Å². The molecule has 0 spiro atoms. The maximum Gasteiger partial charge on any atom is 0.253 e. The quantitative estimate of drug-likeness (QED) is 0.928. The molecule has 0 radical (unpaired) electrons. The highest BCUT2D eigenvalue weighted by Crippen LogP contribution is 2.26. The maximum atomic E-state index is 12.3. The number of halogens is 1. The summed E-state index contributed by atoms with van der Waals surface area (Å²) in [6.07, 6.45) is 2.69. The highest BCUT2D eigenvalue weighted by atomic mass is 79.9. The van der Waals surface area contributed by atoms with Crippen LogP contribution in [-0.4, -0.2) is 35.6 Å². The van der Waals surface area contributed by atoms with Crippen molar-refractivity contribution >= 4 is 21.8 Å². The van der Waals surface area contributed by atoms with Crippen molar-refractivity contribution in [2.75, 3.05) is 13.6 Å². The lowest BCUT2D eigenvalue weighted by molar-refractivity contribution is 0.0693. The Bertz CT molecular complexity index is 475. The van der Waals surface area contributed by atoms with Crippen LogP contribution in [0.25, 0.3) is 0 Å². The second-order valence-corrected chi connectivity index (χ2v) is 6.26. The van der Waals surface area contributed by atoms with E-state index in [4.69, 9.17) is 0 Å². The van der Waals surface area contributed by atoms with E-state index in [-0.39, 0.29) is 17.9 Å². The van der Waals surface area contributed by atoms with Gasteiger partial charge in [0.15, 0.2) is 0 Å². The maximum absolute atomic E-state index is 12.3. The summed E-state index contributed by atoms with van der Waals surface area (Å²) in [6, 6.07) is 5.63. The standard InChI is InChI=1S/C15H20BrNO2/c1-10-8-11(6-7-13(10)16)15(19)17(2)9-12-4-3-5-14(12)18/h6-8,12,14,18H,3-5,9H2,1-2H3/t12-,14+/m0/s1. The number of hydrogen-bond acceptors (Lipinski definition) is 2. The molecule has 1 aliphatic carbocycles. The van der Waals surface area contributed by atoms with Crippen LogP contribution in [0.5, 0.6) is 0 Å². The largest absolute Gasteiger partial charge is 0.393 e. The second kappa shape index (κ2) is 6.06. The summed E-state index contributed by atoms with van der Waals surface area (Å²) in [5, 5.41) is 9.83. The van der Waals surface area contributed by atoms with Gasteiger partial charge in [-0.05, 0) is 43.5 Å². The molecule has 2 atom stereocenters. The van der Waals surface area contributed by atoms with Crippen LogP contribution in [0.3, 0.4) is 0 Å². The van der Waals surface area contributed by atoms with Crippen LogP contribution in [0, 0.1) is 12.8 Å². The summed E-state index contributed by atoms with van der Waals surface area (Å²) in [5.41, 5.74) is 1.76. The highest BCUT2D eigenvalue weighted by molar-refractivity contribution is 9.10. The molecule has 0 heterocycles. The van der Waals surface area contributed by atoms with Crippen molar-refractivity contribution in [2.45, 2.75) is 32.3 Å². The number of carbonyl (C=O) groups excluding carboxylic acids is 1. The number of hydrogen-bond donors (Lipinski definition) is 1. The summed E-state index contributed by atoms with van der Waals surface area (Å²) in [4.78, 5) is 14.1. The van der Waals surface area contributed by atoms with Crippen LogP contribution in [0.2, 0.25) is 0 Å². The topological polar surface area (TPSA) is 40.5 Å². The fourth-order valence-corrected chi connectivity index (χ4v) is 2.91. The van der Waals surface area contributed by atoms with E-state index in [1.54, 1.807) is 4.90 Å². The molecule has 0 bridgehead atoms. The van der Waals surface area contributed by atoms with E-state index in [1.807, 2.05) is 32.2 Å². The number of aliphatic hydroxyl groups excluding tert-OH is 1. The molecule has 1 aliphatic rings. The fourth-order valence-electron chi connectivity index (χ4n) is 2.66. The number of aliphatic hydroxyl groups is 1. The lowest BCUT2D eigenvalue weighted by Gasteiger charge is -2.23. The molecule has 0 unspecified atom stereocenters. The number of amides is 1. The van der Waals surface area contributed by atoms with E-state index in [0.29, 0.717) is 12.1 Å². The average Bonchev–Trinajstić information content (AvgIpc) is 2.77. The molecule has 0 saturated heterocycles. The van der Waals surface area contributed by atoms with Crippen LogP contribution in [0.4, 0.5) is 0 Å². The fraction of sp³-hybridized carbons (Fsp3) is 0.533. The van der Waals surface area contributed by atoms with E-state index in [0.717, 1.165) is 29.3 Å². The highest BCUT2D eigenvalue weighted by Gasteiger charge is 2.27. The van der Waals surface area contributed by atoms with Crippen molar-refractivity contribution in [3.05, 3.63) is 33.8 Å². The molecule has 2 rings (SSSR count). The molecule has 0 aromatic heterocycles. The third-order valence-electron chi connectivity index (χ3n) is 3.88. The van der Waals surface area contributed by atoms with E-state index in [1.165, 1.54) is 0 Å². The Balaban J connectivity index is 2.03. The lowest BCUT2D eigenvalue weighted by Crippen LogP contribution is -2.34. The monoisotopic (exact) mass is 325 g/mol. The Morgan fingerprint density at radius 3 is 2.79 bits per heavy atom. The molecule has 1 aromatic rings. The van der Waals surface area contributed by atoms with Crippen LogP contribution in [0.1, 0.15) is 35.2 Å². The summed E-state index contributed by atoms with van der Waals surface area (Å²) < 4.78 is 1.01. The molecule has 19 heavy (non-hydrogen) atoms. The minimum absolute atomic E-state index is 0.0229. The molecule has 1 aromatic carbocycles. The molecule has 3 nitrogen and oxygen atoms in total. The van der Waals surface area contributed by atoms with Crippen molar-refractivity contribution in [1.82, 2.24) is 4.90 Å². The van der Waals surface area contributed by atoms with Crippen LogP contribution < -0.4 is 0 Å². The van der Waals surface area contributed by atoms with E-state index < -0.39 is 0 Å². The van der Waals surface area contributed by atoms with E-state index in [9.17, 15) is 9.90 Å². The summed E-state index contributed by atoms with van der Waals surface area (Å²) in [7, 11) is 1.81. The first-order valence-electron chi connectivity index (χ1n) is 6.68. The van der Waals surface area contributed by atoms with Crippen LogP contribution in [0.15, 0.2) is 22.7 Å². The van der Waals surface area contributed by atoms with Gasteiger partial charge in [0.2, 0.25) is 0 Å². The van der Waals surface area contributed by atoms with Crippen molar-refractivity contribution in [1.29, 1.82) is 0 Å². The molecular weight excluding hydrogens is 306 g/mol. The van der Waals surface area contributed by atoms with Gasteiger partial charge in [0.05, 0.1) is 6.10 Å². The summed E-state index contributed by atoms with van der Waals surface area (Å²) >= 11 is 3.44. The Kier molecular flexibility index (Phi) is 4.63. The molecular formula is C15H20BrNO2. The molecule has 0 aliphatic heterocycles. The van der Waals surface area contributed by atoms with Gasteiger partial charge in [-0.15, -0.1) is 0 Å². The first-order valence-corrected chi connectivity index (χ1v) is 7.48. The predicted molar refractivity (Wildman–Crippen MR) is 79.2 cm³/mol. The summed E-state index contributed by atoms with van der Waals surface area (Å²) in [5.74, 6) is 0.250. The van der Waals surface area contributed by atoms with Crippen molar-refractivity contribution in [3.8, 4) is 0 Å². The van der Waals surface area contributed by atoms with E-state index >= 15 is 0 Å². The van der Waals surface area contributed by atoms with Gasteiger partial charge < -0.3 is 10.0 Å². The summed E-state index contributed by atoms with van der Waals surface area (Å²) in [6.45, 7) is 2.61. The number of benzene rings is 1. The Labute approximate surface area is 122 Å². The number of aryl methyl sites for hydroxylation is 1. The lowest BCUT2D eigenvalue weighted by atomic mass is 10.0. The Morgan fingerprint density at radius 2 is 2.21 bits per heavy atom. The van der Waals surface area contributed by atoms with Gasteiger partial charge in [0, 0.05) is 29.5 Å². The second-order valence-electron chi connectivity index (χ2n) is 5.41. The zero-order chi connectivity index (χ0) is 14.0. The molecule has 4 heteroatoms. The molecule has 1 fully saturated rings. The van der Waals surface area contributed by atoms with Gasteiger partial charge in [0.25, 0.3) is 5.91 Å². The minimum Gasteiger partial charge on any atom is -0.393 e. The third-order valence-corrected chi connectivity index (χ3v) is 4.77. The first kappa shape index (κ1) is 14.5. The number of nitrogens with zero attached hydrogens (tertiary/aromatic N) is 1. The average molecular weight is 326 g/mol. The van der Waals surface area contributed by atoms with Gasteiger partial charge in [-0.1, -0.05) is 22.4 Å². The van der Waals surface area contributed by atoms with Gasteiger partial charge in [-0.3, -0.25) is 4.79 Å². The van der Waals surface area contributed by atoms with Crippen molar-refractivity contribution in [2.24, 2.45) is 5.92 Å². The molecule has 1 saturated carbocycles. The smallest absolute Gasteiger partial charge is 0.253 e. The van der Waals surface area contributed by atoms with E-state index in [2.05, 4.69) is 15.9 Å². The van der Waals surface area contributed by atoms with Crippen LogP contribution in [-0.2, 0) is 0 Å². The zero-order valence-electron chi connectivity index (χ0n) is 11.4. The Morgan fingerprint density at radius 1 is 1.47 bits per heavy atom. The Hall–Kier alpha value is -0.870. The number of carbonyl (C=O) groups is 1. The zero-order valence-corrected chi connectivity index (χ0v) is 13.0. The molecule has 104 valence electrons. The minimum atomic E-state index is -0.248. The van der Waals surface area contributed by atoms with Crippen molar-refractivity contribution < 1.29 is 9.90 Å². The van der Waals surface area contributed by atoms with Gasteiger partial charge in [-0.2, -0.15) is 0 Å². The van der Waals surface area contributed by atoms with Crippen LogP contribution >= 0.6 is 15.9 Å². The van der Waals surface area contributed by atoms with Gasteiger partial charge in [-0.25, -0.2) is 0 Å². The SMILES string of the molecule is Cc1cc(C(=O)N(C)C[C@@H]2CCC[C@H]2O)ccc1Br. The third kappa shape index (κ3) is 3.37. The first-order chi connectivity index (χ1) is 8.99. The molecule has 1 amide bonds. The van der Waals surface area contributed by atoms with Gasteiger partial charge >= 0.3 is 0 Å². The predicted octanol–water partition coefficient (Wildman–Crippen LogP) is 2.99. The number of rotatable bonds is 3.